The number of hydrogen-bond acceptors (Lipinski definition) is 3. The van der Waals surface area contributed by atoms with E-state index in [2.05, 4.69) is 10.6 Å². The van der Waals surface area contributed by atoms with Crippen molar-refractivity contribution in [3.8, 4) is 0 Å². The fourth-order valence-corrected chi connectivity index (χ4v) is 1.98. The highest BCUT2D eigenvalue weighted by molar-refractivity contribution is 5.89. The van der Waals surface area contributed by atoms with Crippen molar-refractivity contribution in [1.29, 1.82) is 0 Å². The average Bonchev–Trinajstić information content (AvgIpc) is 2.27. The largest absolute Gasteiger partial charge is 0.368 e. The Bertz CT molecular complexity index is 283. The van der Waals surface area contributed by atoms with E-state index >= 15 is 0 Å². The number of carbonyl (C=O) groups excluding carboxylic acids is 2. The van der Waals surface area contributed by atoms with E-state index in [9.17, 15) is 9.59 Å². The molecular formula is C12H23N3O2. The van der Waals surface area contributed by atoms with Crippen molar-refractivity contribution in [2.45, 2.75) is 45.1 Å². The van der Waals surface area contributed by atoms with Crippen LogP contribution in [0.4, 0.5) is 0 Å². The minimum atomic E-state index is -0.953. The maximum atomic E-state index is 11.7. The van der Waals surface area contributed by atoms with E-state index in [1.807, 2.05) is 0 Å². The highest BCUT2D eigenvalue weighted by Gasteiger charge is 2.26. The zero-order chi connectivity index (χ0) is 12.9. The Morgan fingerprint density at radius 3 is 2.47 bits per heavy atom. The zero-order valence-corrected chi connectivity index (χ0v) is 10.7. The van der Waals surface area contributed by atoms with Gasteiger partial charge in [0.2, 0.25) is 11.8 Å². The summed E-state index contributed by atoms with van der Waals surface area (Å²) in [5, 5.41) is 5.96. The van der Waals surface area contributed by atoms with Gasteiger partial charge in [-0.1, -0.05) is 0 Å². The van der Waals surface area contributed by atoms with Crippen LogP contribution in [0.3, 0.4) is 0 Å². The maximum Gasteiger partial charge on any atom is 0.242 e. The first-order valence-electron chi connectivity index (χ1n) is 6.23. The lowest BCUT2D eigenvalue weighted by Crippen LogP contribution is -2.53. The predicted octanol–water partition coefficient (Wildman–Crippen LogP) is 0.146. The molecule has 0 aromatic rings. The second kappa shape index (κ2) is 6.00. The highest BCUT2D eigenvalue weighted by Crippen LogP contribution is 2.17. The highest BCUT2D eigenvalue weighted by atomic mass is 16.2. The van der Waals surface area contributed by atoms with E-state index in [0.29, 0.717) is 12.3 Å². The van der Waals surface area contributed by atoms with Crippen LogP contribution in [0, 0.1) is 5.92 Å². The number of amides is 2. The predicted molar refractivity (Wildman–Crippen MR) is 66.2 cm³/mol. The van der Waals surface area contributed by atoms with E-state index < -0.39 is 11.4 Å². The third-order valence-corrected chi connectivity index (χ3v) is 3.31. The van der Waals surface area contributed by atoms with Gasteiger partial charge in [0, 0.05) is 6.42 Å². The Hall–Kier alpha value is -1.10. The smallest absolute Gasteiger partial charge is 0.242 e. The van der Waals surface area contributed by atoms with Crippen LogP contribution in [0.5, 0.6) is 0 Å². The molecule has 1 aliphatic heterocycles. The maximum absolute atomic E-state index is 11.7. The summed E-state index contributed by atoms with van der Waals surface area (Å²) in [4.78, 5) is 22.7. The van der Waals surface area contributed by atoms with Crippen molar-refractivity contribution >= 4 is 11.8 Å². The second-order valence-electron chi connectivity index (χ2n) is 5.27. The molecule has 0 unspecified atom stereocenters. The Balaban J connectivity index is 2.27. The van der Waals surface area contributed by atoms with Crippen LogP contribution in [0.2, 0.25) is 0 Å². The van der Waals surface area contributed by atoms with Crippen LogP contribution in [-0.2, 0) is 9.59 Å². The Labute approximate surface area is 103 Å². The lowest BCUT2D eigenvalue weighted by Gasteiger charge is -2.24. The van der Waals surface area contributed by atoms with Gasteiger partial charge in [-0.05, 0) is 52.1 Å². The summed E-state index contributed by atoms with van der Waals surface area (Å²) >= 11 is 0. The van der Waals surface area contributed by atoms with Gasteiger partial charge in [0.1, 0.15) is 5.54 Å². The standard InChI is InChI=1S/C12H23N3O2/c1-12(2,11(13)17)15-10(16)4-3-9-5-7-14-8-6-9/h9,14H,3-8H2,1-2H3,(H2,13,17)(H,15,16). The summed E-state index contributed by atoms with van der Waals surface area (Å²) in [7, 11) is 0. The van der Waals surface area contributed by atoms with Crippen LogP contribution in [0.1, 0.15) is 39.5 Å². The normalized spacial score (nSPS) is 17.8. The third kappa shape index (κ3) is 4.73. The van der Waals surface area contributed by atoms with Gasteiger partial charge in [-0.15, -0.1) is 0 Å². The molecule has 4 N–H and O–H groups in total. The van der Waals surface area contributed by atoms with Crippen LogP contribution >= 0.6 is 0 Å². The van der Waals surface area contributed by atoms with E-state index in [-0.39, 0.29) is 5.91 Å². The van der Waals surface area contributed by atoms with Gasteiger partial charge in [0.25, 0.3) is 0 Å². The minimum Gasteiger partial charge on any atom is -0.368 e. The Morgan fingerprint density at radius 1 is 1.35 bits per heavy atom. The quantitative estimate of drug-likeness (QED) is 0.640. The molecule has 98 valence electrons. The molecule has 0 atom stereocenters. The molecule has 0 saturated carbocycles. The van der Waals surface area contributed by atoms with Crippen molar-refractivity contribution in [2.24, 2.45) is 11.7 Å². The fraction of sp³-hybridized carbons (Fsp3) is 0.833. The molecule has 17 heavy (non-hydrogen) atoms. The van der Waals surface area contributed by atoms with E-state index in [1.54, 1.807) is 13.8 Å². The minimum absolute atomic E-state index is 0.0904. The van der Waals surface area contributed by atoms with Gasteiger partial charge in [-0.3, -0.25) is 9.59 Å². The number of primary amides is 1. The summed E-state index contributed by atoms with van der Waals surface area (Å²) in [6, 6.07) is 0. The molecule has 0 aliphatic carbocycles. The molecule has 1 saturated heterocycles. The summed E-state index contributed by atoms with van der Waals surface area (Å²) in [6.45, 7) is 5.33. The summed E-state index contributed by atoms with van der Waals surface area (Å²) in [5.41, 5.74) is 4.24. The van der Waals surface area contributed by atoms with Crippen LogP contribution in [0.25, 0.3) is 0 Å². The monoisotopic (exact) mass is 241 g/mol. The van der Waals surface area contributed by atoms with Gasteiger partial charge in [-0.25, -0.2) is 0 Å². The van der Waals surface area contributed by atoms with Gasteiger partial charge in [0.15, 0.2) is 0 Å². The van der Waals surface area contributed by atoms with Crippen LogP contribution in [-0.4, -0.2) is 30.4 Å². The number of hydrogen-bond donors (Lipinski definition) is 3. The number of rotatable bonds is 5. The summed E-state index contributed by atoms with van der Waals surface area (Å²) in [6.07, 6.45) is 3.63. The lowest BCUT2D eigenvalue weighted by molar-refractivity contribution is -0.130. The van der Waals surface area contributed by atoms with E-state index in [4.69, 9.17) is 5.73 Å². The lowest BCUT2D eigenvalue weighted by atomic mass is 9.93. The molecule has 0 spiro atoms. The van der Waals surface area contributed by atoms with Gasteiger partial charge >= 0.3 is 0 Å². The van der Waals surface area contributed by atoms with Gasteiger partial charge < -0.3 is 16.4 Å². The summed E-state index contributed by atoms with van der Waals surface area (Å²) < 4.78 is 0. The second-order valence-corrected chi connectivity index (χ2v) is 5.27. The fourth-order valence-electron chi connectivity index (χ4n) is 1.98. The van der Waals surface area contributed by atoms with E-state index in [0.717, 1.165) is 32.4 Å². The molecule has 5 heteroatoms. The van der Waals surface area contributed by atoms with Gasteiger partial charge in [-0.2, -0.15) is 0 Å². The topological polar surface area (TPSA) is 84.2 Å². The molecular weight excluding hydrogens is 218 g/mol. The van der Waals surface area contributed by atoms with Crippen molar-refractivity contribution in [3.05, 3.63) is 0 Å². The molecule has 1 fully saturated rings. The SMILES string of the molecule is CC(C)(NC(=O)CCC1CCNCC1)C(N)=O. The molecule has 0 aromatic carbocycles. The van der Waals surface area contributed by atoms with Crippen LogP contribution in [0.15, 0.2) is 0 Å². The molecule has 1 aliphatic rings. The first kappa shape index (κ1) is 14.0. The van der Waals surface area contributed by atoms with Gasteiger partial charge in [0.05, 0.1) is 0 Å². The van der Waals surface area contributed by atoms with Crippen LogP contribution < -0.4 is 16.4 Å². The first-order valence-corrected chi connectivity index (χ1v) is 6.23. The van der Waals surface area contributed by atoms with Crippen molar-refractivity contribution in [1.82, 2.24) is 10.6 Å². The Kier molecular flexibility index (Phi) is 4.93. The molecule has 0 bridgehead atoms. The molecule has 2 amide bonds. The average molecular weight is 241 g/mol. The van der Waals surface area contributed by atoms with Crippen molar-refractivity contribution in [3.63, 3.8) is 0 Å². The third-order valence-electron chi connectivity index (χ3n) is 3.31. The zero-order valence-electron chi connectivity index (χ0n) is 10.7. The number of nitrogens with two attached hydrogens (primary N) is 1. The Morgan fingerprint density at radius 2 is 1.94 bits per heavy atom. The number of nitrogens with one attached hydrogen (secondary N) is 2. The number of carbonyl (C=O) groups is 2. The molecule has 1 rings (SSSR count). The van der Waals surface area contributed by atoms with Crippen molar-refractivity contribution < 1.29 is 9.59 Å². The summed E-state index contributed by atoms with van der Waals surface area (Å²) in [5.74, 6) is 0.0266. The molecule has 0 radical (unpaired) electrons. The molecule has 1 heterocycles. The first-order chi connectivity index (χ1) is 7.92. The molecule has 0 aromatic heterocycles. The molecule has 5 nitrogen and oxygen atoms in total. The number of piperidine rings is 1. The van der Waals surface area contributed by atoms with Crippen molar-refractivity contribution in [2.75, 3.05) is 13.1 Å². The van der Waals surface area contributed by atoms with E-state index in [1.165, 1.54) is 0 Å².